The monoisotopic (exact) mass is 176 g/mol. The van der Waals surface area contributed by atoms with E-state index in [0.29, 0.717) is 17.9 Å². The van der Waals surface area contributed by atoms with Crippen LogP contribution in [-0.4, -0.2) is 6.29 Å². The predicted molar refractivity (Wildman–Crippen MR) is 46.4 cm³/mol. The number of fused-ring (bicyclic) bond motifs is 1. The van der Waals surface area contributed by atoms with Crippen molar-refractivity contribution in [3.8, 4) is 5.75 Å². The van der Waals surface area contributed by atoms with Crippen molar-refractivity contribution in [3.63, 3.8) is 0 Å². The number of carbonyl (C=O) groups excluding carboxylic acids is 1. The van der Waals surface area contributed by atoms with Gasteiger partial charge < -0.3 is 9.47 Å². The fourth-order valence-electron chi connectivity index (χ4n) is 1.23. The van der Waals surface area contributed by atoms with Crippen molar-refractivity contribution in [2.75, 3.05) is 0 Å². The van der Waals surface area contributed by atoms with Gasteiger partial charge in [-0.25, -0.2) is 0 Å². The maximum atomic E-state index is 10.7. The van der Waals surface area contributed by atoms with Crippen molar-refractivity contribution >= 4 is 6.29 Å². The van der Waals surface area contributed by atoms with Gasteiger partial charge in [0, 0.05) is 11.1 Å². The maximum Gasteiger partial charge on any atom is 0.150 e. The summed E-state index contributed by atoms with van der Waals surface area (Å²) < 4.78 is 10.3. The molecule has 1 aliphatic heterocycles. The zero-order valence-corrected chi connectivity index (χ0v) is 6.90. The van der Waals surface area contributed by atoms with Gasteiger partial charge in [-0.15, -0.1) is 0 Å². The number of ether oxygens (including phenoxy) is 2. The Balaban J connectivity index is 2.50. The van der Waals surface area contributed by atoms with E-state index in [1.165, 1.54) is 12.5 Å². The lowest BCUT2D eigenvalue weighted by Crippen LogP contribution is -1.95. The van der Waals surface area contributed by atoms with E-state index in [1.54, 1.807) is 18.2 Å². The highest BCUT2D eigenvalue weighted by molar-refractivity contribution is 5.78. The second kappa shape index (κ2) is 3.31. The van der Waals surface area contributed by atoms with Crippen LogP contribution in [0.1, 0.15) is 15.9 Å². The Morgan fingerprint density at radius 3 is 3.08 bits per heavy atom. The van der Waals surface area contributed by atoms with Gasteiger partial charge in [-0.2, -0.15) is 0 Å². The highest BCUT2D eigenvalue weighted by Crippen LogP contribution is 2.24. The van der Waals surface area contributed by atoms with Gasteiger partial charge in [0.05, 0.1) is 0 Å². The molecule has 0 aliphatic carbocycles. The standard InChI is InChI=1S/C10H8O3/c11-6-8-2-1-3-10-9(8)7-12-4-5-13-10/h1-6H,7H2. The summed E-state index contributed by atoms with van der Waals surface area (Å²) in [7, 11) is 0. The Kier molecular flexibility index (Phi) is 2.00. The third-order valence-electron chi connectivity index (χ3n) is 1.87. The van der Waals surface area contributed by atoms with Crippen molar-refractivity contribution in [2.24, 2.45) is 0 Å². The largest absolute Gasteiger partial charge is 0.493 e. The lowest BCUT2D eigenvalue weighted by Gasteiger charge is -2.06. The van der Waals surface area contributed by atoms with Crippen LogP contribution in [0, 0.1) is 0 Å². The Morgan fingerprint density at radius 1 is 1.31 bits per heavy atom. The zero-order valence-electron chi connectivity index (χ0n) is 6.90. The molecule has 0 spiro atoms. The van der Waals surface area contributed by atoms with E-state index in [4.69, 9.17) is 9.47 Å². The van der Waals surface area contributed by atoms with E-state index in [2.05, 4.69) is 0 Å². The molecule has 66 valence electrons. The quantitative estimate of drug-likeness (QED) is 0.613. The Bertz CT molecular complexity index is 355. The lowest BCUT2D eigenvalue weighted by atomic mass is 10.1. The van der Waals surface area contributed by atoms with Crippen LogP contribution in [0.3, 0.4) is 0 Å². The first-order chi connectivity index (χ1) is 6.42. The number of aldehydes is 1. The molecule has 3 nitrogen and oxygen atoms in total. The molecule has 0 fully saturated rings. The topological polar surface area (TPSA) is 35.5 Å². The predicted octanol–water partition coefficient (Wildman–Crippen LogP) is 1.88. The van der Waals surface area contributed by atoms with Gasteiger partial charge in [0.1, 0.15) is 24.9 Å². The summed E-state index contributed by atoms with van der Waals surface area (Å²) in [5.74, 6) is 0.679. The molecule has 0 radical (unpaired) electrons. The molecule has 13 heavy (non-hydrogen) atoms. The third-order valence-corrected chi connectivity index (χ3v) is 1.87. The molecule has 0 N–H and O–H groups in total. The molecule has 1 aliphatic rings. The average molecular weight is 176 g/mol. The van der Waals surface area contributed by atoms with E-state index in [9.17, 15) is 4.79 Å². The number of rotatable bonds is 1. The van der Waals surface area contributed by atoms with E-state index >= 15 is 0 Å². The summed E-state index contributed by atoms with van der Waals surface area (Å²) in [5, 5.41) is 0. The highest BCUT2D eigenvalue weighted by Gasteiger charge is 2.10. The van der Waals surface area contributed by atoms with Gasteiger partial charge in [-0.3, -0.25) is 4.79 Å². The van der Waals surface area contributed by atoms with Crippen LogP contribution in [0.5, 0.6) is 5.75 Å². The van der Waals surface area contributed by atoms with Crippen LogP contribution in [-0.2, 0) is 11.3 Å². The van der Waals surface area contributed by atoms with Gasteiger partial charge in [0.25, 0.3) is 0 Å². The molecule has 0 saturated heterocycles. The average Bonchev–Trinajstić information content (AvgIpc) is 2.41. The Morgan fingerprint density at radius 2 is 2.23 bits per heavy atom. The molecule has 1 aromatic rings. The summed E-state index contributed by atoms with van der Waals surface area (Å²) in [6, 6.07) is 5.33. The summed E-state index contributed by atoms with van der Waals surface area (Å²) >= 11 is 0. The first kappa shape index (κ1) is 7.86. The zero-order chi connectivity index (χ0) is 9.10. The Hall–Kier alpha value is -1.77. The minimum atomic E-state index is 0.376. The van der Waals surface area contributed by atoms with E-state index in [-0.39, 0.29) is 0 Å². The fourth-order valence-corrected chi connectivity index (χ4v) is 1.23. The van der Waals surface area contributed by atoms with Crippen LogP contribution >= 0.6 is 0 Å². The minimum Gasteiger partial charge on any atom is -0.493 e. The van der Waals surface area contributed by atoms with Gasteiger partial charge in [0.15, 0.2) is 6.29 Å². The van der Waals surface area contributed by atoms with Crippen LogP contribution in [0.2, 0.25) is 0 Å². The molecular weight excluding hydrogens is 168 g/mol. The van der Waals surface area contributed by atoms with Crippen molar-refractivity contribution in [1.29, 1.82) is 0 Å². The molecule has 3 heteroatoms. The van der Waals surface area contributed by atoms with Crippen molar-refractivity contribution in [1.82, 2.24) is 0 Å². The number of carbonyl (C=O) groups is 1. The summed E-state index contributed by atoms with van der Waals surface area (Å²) in [4.78, 5) is 10.7. The number of benzene rings is 1. The van der Waals surface area contributed by atoms with E-state index < -0.39 is 0 Å². The summed E-state index contributed by atoms with van der Waals surface area (Å²) in [6.45, 7) is 0.376. The minimum absolute atomic E-state index is 0.376. The van der Waals surface area contributed by atoms with Gasteiger partial charge in [-0.05, 0) is 6.07 Å². The number of hydrogen-bond acceptors (Lipinski definition) is 3. The molecule has 0 atom stereocenters. The van der Waals surface area contributed by atoms with Gasteiger partial charge in [0.2, 0.25) is 0 Å². The molecule has 2 rings (SSSR count). The van der Waals surface area contributed by atoms with E-state index in [0.717, 1.165) is 11.8 Å². The van der Waals surface area contributed by atoms with E-state index in [1.807, 2.05) is 0 Å². The van der Waals surface area contributed by atoms with Crippen molar-refractivity contribution in [3.05, 3.63) is 41.9 Å². The van der Waals surface area contributed by atoms with Crippen LogP contribution < -0.4 is 4.74 Å². The number of hydrogen-bond donors (Lipinski definition) is 0. The second-order valence-electron chi connectivity index (χ2n) is 2.64. The van der Waals surface area contributed by atoms with Crippen LogP contribution in [0.25, 0.3) is 0 Å². The smallest absolute Gasteiger partial charge is 0.150 e. The fraction of sp³-hybridized carbons (Fsp3) is 0.100. The van der Waals surface area contributed by atoms with Gasteiger partial charge in [-0.1, -0.05) is 12.1 Å². The van der Waals surface area contributed by atoms with Crippen LogP contribution in [0.4, 0.5) is 0 Å². The SMILES string of the molecule is O=Cc1cccc2c1COC=CO2. The van der Waals surface area contributed by atoms with Gasteiger partial charge >= 0.3 is 0 Å². The molecular formula is C10H8O3. The molecule has 0 saturated carbocycles. The highest BCUT2D eigenvalue weighted by atomic mass is 16.5. The molecule has 0 aromatic heterocycles. The normalized spacial score (nSPS) is 13.5. The first-order valence-corrected chi connectivity index (χ1v) is 3.92. The molecule has 0 bridgehead atoms. The summed E-state index contributed by atoms with van der Waals surface area (Å²) in [5.41, 5.74) is 1.41. The maximum absolute atomic E-state index is 10.7. The molecule has 0 amide bonds. The van der Waals surface area contributed by atoms with Crippen molar-refractivity contribution in [2.45, 2.75) is 6.61 Å². The molecule has 1 heterocycles. The van der Waals surface area contributed by atoms with Crippen molar-refractivity contribution < 1.29 is 14.3 Å². The molecule has 0 unspecified atom stereocenters. The molecule has 1 aromatic carbocycles. The first-order valence-electron chi connectivity index (χ1n) is 3.92. The van der Waals surface area contributed by atoms with Crippen LogP contribution in [0.15, 0.2) is 30.7 Å². The summed E-state index contributed by atoms with van der Waals surface area (Å²) in [6.07, 6.45) is 3.73. The Labute approximate surface area is 75.6 Å². The third kappa shape index (κ3) is 1.40. The second-order valence-corrected chi connectivity index (χ2v) is 2.64. The lowest BCUT2D eigenvalue weighted by molar-refractivity contribution is 0.112.